The average molecular weight is 237 g/mol. The van der Waals surface area contributed by atoms with Crippen molar-refractivity contribution in [2.45, 2.75) is 6.92 Å². The van der Waals surface area contributed by atoms with E-state index in [2.05, 4.69) is 9.97 Å². The fraction of sp³-hybridized carbons (Fsp3) is 0.111. The zero-order chi connectivity index (χ0) is 10.4. The highest BCUT2D eigenvalue weighted by Gasteiger charge is 2.15. The number of rotatable bonds is 1. The first kappa shape index (κ1) is 8.87. The van der Waals surface area contributed by atoms with Crippen molar-refractivity contribution in [2.24, 2.45) is 0 Å². The number of thiophene rings is 1. The second-order valence-corrected chi connectivity index (χ2v) is 5.02. The van der Waals surface area contributed by atoms with E-state index in [0.29, 0.717) is 17.2 Å². The lowest BCUT2D eigenvalue weighted by Crippen LogP contribution is -1.82. The lowest BCUT2D eigenvalue weighted by Gasteiger charge is -1.88. The van der Waals surface area contributed by atoms with E-state index < -0.39 is 0 Å². The van der Waals surface area contributed by atoms with Gasteiger partial charge < -0.3 is 10.2 Å². The maximum Gasteiger partial charge on any atom is 0.248 e. The van der Waals surface area contributed by atoms with Crippen LogP contribution in [0.3, 0.4) is 0 Å². The summed E-state index contributed by atoms with van der Waals surface area (Å²) < 4.78 is 5.58. The van der Waals surface area contributed by atoms with Gasteiger partial charge in [-0.15, -0.1) is 22.7 Å². The molecule has 0 saturated carbocycles. The number of nitrogens with two attached hydrogens (primary N) is 1. The lowest BCUT2D eigenvalue weighted by atomic mass is 10.4. The van der Waals surface area contributed by atoms with E-state index in [-0.39, 0.29) is 0 Å². The third kappa shape index (κ3) is 1.25. The van der Waals surface area contributed by atoms with Crippen molar-refractivity contribution in [2.75, 3.05) is 5.73 Å². The van der Waals surface area contributed by atoms with Crippen molar-refractivity contribution in [3.63, 3.8) is 0 Å². The van der Waals surface area contributed by atoms with Crippen molar-refractivity contribution in [1.82, 2.24) is 9.97 Å². The lowest BCUT2D eigenvalue weighted by molar-refractivity contribution is 0.618. The molecule has 0 spiro atoms. The predicted molar refractivity (Wildman–Crippen MR) is 62.1 cm³/mol. The van der Waals surface area contributed by atoms with E-state index in [1.807, 2.05) is 12.3 Å². The van der Waals surface area contributed by atoms with E-state index in [0.717, 1.165) is 15.4 Å². The number of nitrogen functional groups attached to an aromatic ring is 1. The summed E-state index contributed by atoms with van der Waals surface area (Å²) in [5, 5.41) is 1.90. The largest absolute Gasteiger partial charge is 0.431 e. The van der Waals surface area contributed by atoms with Crippen LogP contribution in [0.15, 0.2) is 15.3 Å². The van der Waals surface area contributed by atoms with Crippen molar-refractivity contribution >= 4 is 38.8 Å². The standard InChI is InChI=1S/C9H7N3OS2/c1-4-6(10)7-9(15-4)12-8(13-7)5-2-14-3-11-5/h2-3H,10H2,1H3. The maximum absolute atomic E-state index is 5.86. The molecule has 3 rings (SSSR count). The SMILES string of the molecule is Cc1sc2nc(-c3cscn3)oc2c1N. The fourth-order valence-electron chi connectivity index (χ4n) is 1.33. The Kier molecular flexibility index (Phi) is 1.80. The number of hydrogen-bond donors (Lipinski definition) is 1. The Labute approximate surface area is 93.4 Å². The van der Waals surface area contributed by atoms with Crippen LogP contribution in [-0.2, 0) is 0 Å². The third-order valence-corrected chi connectivity index (χ3v) is 3.70. The highest BCUT2D eigenvalue weighted by atomic mass is 32.1. The van der Waals surface area contributed by atoms with Crippen LogP contribution in [0.25, 0.3) is 22.0 Å². The van der Waals surface area contributed by atoms with Crippen LogP contribution in [0.1, 0.15) is 4.88 Å². The summed E-state index contributed by atoms with van der Waals surface area (Å²) >= 11 is 3.06. The van der Waals surface area contributed by atoms with Gasteiger partial charge in [-0.1, -0.05) is 0 Å². The Bertz CT molecular complexity index is 609. The van der Waals surface area contributed by atoms with Crippen LogP contribution in [-0.4, -0.2) is 9.97 Å². The molecule has 76 valence electrons. The second-order valence-electron chi connectivity index (χ2n) is 3.10. The molecule has 6 heteroatoms. The number of hydrogen-bond acceptors (Lipinski definition) is 6. The molecule has 0 fully saturated rings. The molecule has 0 aliphatic heterocycles. The molecule has 0 aliphatic rings. The highest BCUT2D eigenvalue weighted by molar-refractivity contribution is 7.19. The van der Waals surface area contributed by atoms with Gasteiger partial charge in [-0.2, -0.15) is 4.98 Å². The van der Waals surface area contributed by atoms with E-state index in [4.69, 9.17) is 10.2 Å². The minimum Gasteiger partial charge on any atom is -0.431 e. The first-order chi connectivity index (χ1) is 7.25. The van der Waals surface area contributed by atoms with Crippen molar-refractivity contribution in [3.05, 3.63) is 15.8 Å². The average Bonchev–Trinajstić information content (AvgIpc) is 2.86. The monoisotopic (exact) mass is 237 g/mol. The molecule has 0 aliphatic carbocycles. The van der Waals surface area contributed by atoms with Crippen LogP contribution < -0.4 is 5.73 Å². The molecule has 3 aromatic heterocycles. The highest BCUT2D eigenvalue weighted by Crippen LogP contribution is 2.35. The number of aromatic nitrogens is 2. The number of nitrogens with zero attached hydrogens (tertiary/aromatic N) is 2. The molecule has 0 unspecified atom stereocenters. The van der Waals surface area contributed by atoms with E-state index in [9.17, 15) is 0 Å². The summed E-state index contributed by atoms with van der Waals surface area (Å²) in [7, 11) is 0. The second kappa shape index (κ2) is 3.04. The Morgan fingerprint density at radius 2 is 2.33 bits per heavy atom. The zero-order valence-electron chi connectivity index (χ0n) is 7.85. The smallest absolute Gasteiger partial charge is 0.248 e. The molecule has 2 N–H and O–H groups in total. The summed E-state index contributed by atoms with van der Waals surface area (Å²) in [6, 6.07) is 0. The van der Waals surface area contributed by atoms with Gasteiger partial charge in [0.05, 0.1) is 11.2 Å². The molecule has 15 heavy (non-hydrogen) atoms. The van der Waals surface area contributed by atoms with Gasteiger partial charge in [0.15, 0.2) is 10.4 Å². The molecular weight excluding hydrogens is 230 g/mol. The molecule has 0 aromatic carbocycles. The molecule has 0 bridgehead atoms. The molecule has 3 heterocycles. The molecule has 0 amide bonds. The molecule has 0 radical (unpaired) electrons. The normalized spacial score (nSPS) is 11.3. The predicted octanol–water partition coefficient (Wildman–Crippen LogP) is 2.90. The van der Waals surface area contributed by atoms with Crippen molar-refractivity contribution in [1.29, 1.82) is 0 Å². The van der Waals surface area contributed by atoms with Gasteiger partial charge >= 0.3 is 0 Å². The molecule has 4 nitrogen and oxygen atoms in total. The van der Waals surface area contributed by atoms with Crippen LogP contribution in [0.5, 0.6) is 0 Å². The number of aryl methyl sites for hydroxylation is 1. The van der Waals surface area contributed by atoms with Crippen molar-refractivity contribution in [3.8, 4) is 11.6 Å². The number of thiazole rings is 1. The Morgan fingerprint density at radius 1 is 1.47 bits per heavy atom. The first-order valence-electron chi connectivity index (χ1n) is 4.29. The number of fused-ring (bicyclic) bond motifs is 1. The summed E-state index contributed by atoms with van der Waals surface area (Å²) in [5.74, 6) is 0.546. The number of anilines is 1. The summed E-state index contributed by atoms with van der Waals surface area (Å²) in [4.78, 5) is 10.4. The topological polar surface area (TPSA) is 64.9 Å². The summed E-state index contributed by atoms with van der Waals surface area (Å²) in [6.45, 7) is 1.96. The van der Waals surface area contributed by atoms with Gasteiger partial charge in [0.1, 0.15) is 5.69 Å². The molecular formula is C9H7N3OS2. The Hall–Kier alpha value is -1.40. The summed E-state index contributed by atoms with van der Waals surface area (Å²) in [5.41, 5.74) is 9.75. The summed E-state index contributed by atoms with van der Waals surface area (Å²) in [6.07, 6.45) is 0. The van der Waals surface area contributed by atoms with Crippen LogP contribution in [0.2, 0.25) is 0 Å². The van der Waals surface area contributed by atoms with E-state index in [1.165, 1.54) is 11.3 Å². The zero-order valence-corrected chi connectivity index (χ0v) is 9.48. The fourth-order valence-corrected chi connectivity index (χ4v) is 2.72. The van der Waals surface area contributed by atoms with Crippen LogP contribution in [0, 0.1) is 6.92 Å². The minimum atomic E-state index is 0.546. The van der Waals surface area contributed by atoms with Gasteiger partial charge in [-0.05, 0) is 6.92 Å². The molecule has 0 atom stereocenters. The Morgan fingerprint density at radius 3 is 3.00 bits per heavy atom. The van der Waals surface area contributed by atoms with Crippen LogP contribution >= 0.6 is 22.7 Å². The third-order valence-electron chi connectivity index (χ3n) is 2.12. The van der Waals surface area contributed by atoms with E-state index in [1.54, 1.807) is 16.8 Å². The van der Waals surface area contributed by atoms with Gasteiger partial charge in [0.2, 0.25) is 5.89 Å². The van der Waals surface area contributed by atoms with Gasteiger partial charge in [-0.25, -0.2) is 4.98 Å². The quantitative estimate of drug-likeness (QED) is 0.706. The molecule has 0 saturated heterocycles. The van der Waals surface area contributed by atoms with Gasteiger partial charge in [0, 0.05) is 10.3 Å². The minimum absolute atomic E-state index is 0.546. The number of oxazole rings is 1. The molecule has 3 aromatic rings. The van der Waals surface area contributed by atoms with Crippen LogP contribution in [0.4, 0.5) is 5.69 Å². The van der Waals surface area contributed by atoms with Gasteiger partial charge in [-0.3, -0.25) is 0 Å². The first-order valence-corrected chi connectivity index (χ1v) is 6.05. The maximum atomic E-state index is 5.86. The van der Waals surface area contributed by atoms with Gasteiger partial charge in [0.25, 0.3) is 0 Å². The van der Waals surface area contributed by atoms with E-state index >= 15 is 0 Å². The van der Waals surface area contributed by atoms with Crippen molar-refractivity contribution < 1.29 is 4.42 Å². The Balaban J connectivity index is 2.24.